The van der Waals surface area contributed by atoms with Gasteiger partial charge in [-0.2, -0.15) is 0 Å². The fraction of sp³-hybridized carbons (Fsp3) is 1.00. The number of methoxy groups -OCH3 is 1. The van der Waals surface area contributed by atoms with Crippen LogP contribution in [0.1, 0.15) is 84.0 Å². The molecule has 1 nitrogen and oxygen atoms in total. The van der Waals surface area contributed by atoms with E-state index < -0.39 is 0 Å². The van der Waals surface area contributed by atoms with Crippen molar-refractivity contribution in [2.45, 2.75) is 90.1 Å². The molecule has 17 heavy (non-hydrogen) atoms. The molecular formula is C16H32O. The van der Waals surface area contributed by atoms with Gasteiger partial charge >= 0.3 is 0 Å². The summed E-state index contributed by atoms with van der Waals surface area (Å²) in [4.78, 5) is 0. The maximum atomic E-state index is 5.43. The van der Waals surface area contributed by atoms with Crippen LogP contribution in [0.4, 0.5) is 0 Å². The second-order valence-corrected chi connectivity index (χ2v) is 5.76. The summed E-state index contributed by atoms with van der Waals surface area (Å²) in [5.41, 5.74) is 0. The summed E-state index contributed by atoms with van der Waals surface area (Å²) >= 11 is 0. The third-order valence-corrected chi connectivity index (χ3v) is 4.40. The van der Waals surface area contributed by atoms with Crippen molar-refractivity contribution in [3.8, 4) is 0 Å². The van der Waals surface area contributed by atoms with Crippen LogP contribution < -0.4 is 0 Å². The van der Waals surface area contributed by atoms with Gasteiger partial charge in [-0.3, -0.25) is 0 Å². The minimum atomic E-state index is 0.507. The molecule has 102 valence electrons. The van der Waals surface area contributed by atoms with Gasteiger partial charge < -0.3 is 4.74 Å². The Morgan fingerprint density at radius 3 is 2.24 bits per heavy atom. The highest BCUT2D eigenvalue weighted by molar-refractivity contribution is 4.65. The van der Waals surface area contributed by atoms with E-state index in [2.05, 4.69) is 6.92 Å². The third kappa shape index (κ3) is 7.08. The third-order valence-electron chi connectivity index (χ3n) is 4.40. The Bertz CT molecular complexity index is 155. The van der Waals surface area contributed by atoms with E-state index >= 15 is 0 Å². The van der Waals surface area contributed by atoms with Crippen molar-refractivity contribution in [1.82, 2.24) is 0 Å². The smallest absolute Gasteiger partial charge is 0.0568 e. The van der Waals surface area contributed by atoms with Gasteiger partial charge in [-0.1, -0.05) is 71.1 Å². The molecule has 0 bridgehead atoms. The van der Waals surface area contributed by atoms with E-state index in [9.17, 15) is 0 Å². The van der Waals surface area contributed by atoms with Crippen molar-refractivity contribution >= 4 is 0 Å². The normalized spacial score (nSPS) is 20.8. The van der Waals surface area contributed by atoms with Crippen LogP contribution in [0.3, 0.4) is 0 Å². The van der Waals surface area contributed by atoms with E-state index in [-0.39, 0.29) is 0 Å². The fourth-order valence-corrected chi connectivity index (χ4v) is 3.12. The van der Waals surface area contributed by atoms with E-state index in [4.69, 9.17) is 4.74 Å². The van der Waals surface area contributed by atoms with Crippen LogP contribution in [0.15, 0.2) is 0 Å². The molecule has 0 spiro atoms. The van der Waals surface area contributed by atoms with E-state index in [0.717, 1.165) is 5.92 Å². The van der Waals surface area contributed by atoms with Crippen molar-refractivity contribution in [1.29, 1.82) is 0 Å². The first-order valence-corrected chi connectivity index (χ1v) is 7.89. The van der Waals surface area contributed by atoms with E-state index in [1.807, 2.05) is 7.11 Å². The molecule has 1 heteroatoms. The maximum Gasteiger partial charge on any atom is 0.0568 e. The van der Waals surface area contributed by atoms with Gasteiger partial charge in [-0.05, 0) is 18.8 Å². The van der Waals surface area contributed by atoms with Gasteiger partial charge in [0, 0.05) is 7.11 Å². The average molecular weight is 240 g/mol. The molecule has 0 aromatic carbocycles. The number of hydrogen-bond acceptors (Lipinski definition) is 1. The standard InChI is InChI=1S/C16H32O/c1-3-16(17-2)14-10-9-13-15-11-7-5-4-6-8-12-15/h15-16H,3-14H2,1-2H3. The molecule has 0 saturated heterocycles. The summed E-state index contributed by atoms with van der Waals surface area (Å²) in [6, 6.07) is 0. The summed E-state index contributed by atoms with van der Waals surface area (Å²) in [6.07, 6.45) is 17.6. The molecule has 1 unspecified atom stereocenters. The molecule has 0 radical (unpaired) electrons. The van der Waals surface area contributed by atoms with Gasteiger partial charge in [0.05, 0.1) is 6.10 Å². The van der Waals surface area contributed by atoms with E-state index in [1.54, 1.807) is 0 Å². The van der Waals surface area contributed by atoms with Crippen LogP contribution >= 0.6 is 0 Å². The highest BCUT2D eigenvalue weighted by Crippen LogP contribution is 2.26. The summed E-state index contributed by atoms with van der Waals surface area (Å²) in [5.74, 6) is 1.04. The van der Waals surface area contributed by atoms with Gasteiger partial charge in [0.15, 0.2) is 0 Å². The van der Waals surface area contributed by atoms with Crippen molar-refractivity contribution in [2.75, 3.05) is 7.11 Å². The minimum Gasteiger partial charge on any atom is -0.381 e. The quantitative estimate of drug-likeness (QED) is 0.546. The van der Waals surface area contributed by atoms with Crippen molar-refractivity contribution in [3.05, 3.63) is 0 Å². The highest BCUT2D eigenvalue weighted by Gasteiger charge is 2.11. The number of unbranched alkanes of at least 4 members (excludes halogenated alkanes) is 1. The van der Waals surface area contributed by atoms with Crippen LogP contribution in [0, 0.1) is 5.92 Å². The molecule has 1 atom stereocenters. The van der Waals surface area contributed by atoms with Crippen molar-refractivity contribution in [2.24, 2.45) is 5.92 Å². The first-order chi connectivity index (χ1) is 8.36. The Morgan fingerprint density at radius 2 is 1.65 bits per heavy atom. The molecule has 0 aliphatic heterocycles. The summed E-state index contributed by atoms with van der Waals surface area (Å²) < 4.78 is 5.43. The molecule has 1 saturated carbocycles. The van der Waals surface area contributed by atoms with E-state index in [0.29, 0.717) is 6.10 Å². The predicted molar refractivity (Wildman–Crippen MR) is 75.4 cm³/mol. The SMILES string of the molecule is CCC(CCCCC1CCCCCCC1)OC. The van der Waals surface area contributed by atoms with Crippen molar-refractivity contribution < 1.29 is 4.74 Å². The lowest BCUT2D eigenvalue weighted by Crippen LogP contribution is -2.09. The first kappa shape index (κ1) is 15.0. The summed E-state index contributed by atoms with van der Waals surface area (Å²) in [6.45, 7) is 2.23. The molecule has 1 aliphatic carbocycles. The number of rotatable bonds is 7. The van der Waals surface area contributed by atoms with Crippen LogP contribution in [0.25, 0.3) is 0 Å². The summed E-state index contributed by atoms with van der Waals surface area (Å²) in [5, 5.41) is 0. The predicted octanol–water partition coefficient (Wildman–Crippen LogP) is 5.33. The summed E-state index contributed by atoms with van der Waals surface area (Å²) in [7, 11) is 1.85. The zero-order chi connectivity index (χ0) is 12.3. The monoisotopic (exact) mass is 240 g/mol. The number of hydrogen-bond donors (Lipinski definition) is 0. The Morgan fingerprint density at radius 1 is 1.00 bits per heavy atom. The maximum absolute atomic E-state index is 5.43. The van der Waals surface area contributed by atoms with Crippen LogP contribution in [-0.2, 0) is 4.74 Å². The molecule has 1 aliphatic rings. The molecule has 0 aromatic heterocycles. The molecule has 0 amide bonds. The highest BCUT2D eigenvalue weighted by atomic mass is 16.5. The first-order valence-electron chi connectivity index (χ1n) is 7.89. The Kier molecular flexibility index (Phi) is 8.78. The molecule has 0 heterocycles. The van der Waals surface area contributed by atoms with Gasteiger partial charge in [-0.25, -0.2) is 0 Å². The second-order valence-electron chi connectivity index (χ2n) is 5.76. The Balaban J connectivity index is 2.03. The van der Waals surface area contributed by atoms with E-state index in [1.165, 1.54) is 77.0 Å². The Hall–Kier alpha value is -0.0400. The second kappa shape index (κ2) is 9.94. The van der Waals surface area contributed by atoms with Crippen molar-refractivity contribution in [3.63, 3.8) is 0 Å². The molecule has 0 aromatic rings. The molecule has 1 fully saturated rings. The topological polar surface area (TPSA) is 9.23 Å². The lowest BCUT2D eigenvalue weighted by molar-refractivity contribution is 0.0893. The van der Waals surface area contributed by atoms with Crippen LogP contribution in [0.2, 0.25) is 0 Å². The number of ether oxygens (including phenoxy) is 1. The minimum absolute atomic E-state index is 0.507. The van der Waals surface area contributed by atoms with Gasteiger partial charge in [0.25, 0.3) is 0 Å². The Labute approximate surface area is 108 Å². The van der Waals surface area contributed by atoms with Gasteiger partial charge in [-0.15, -0.1) is 0 Å². The molecule has 1 rings (SSSR count). The zero-order valence-corrected chi connectivity index (χ0v) is 12.0. The van der Waals surface area contributed by atoms with Gasteiger partial charge in [0.2, 0.25) is 0 Å². The molecule has 0 N–H and O–H groups in total. The zero-order valence-electron chi connectivity index (χ0n) is 12.0. The molecular weight excluding hydrogens is 208 g/mol. The lowest BCUT2D eigenvalue weighted by Gasteiger charge is -2.20. The van der Waals surface area contributed by atoms with Crippen LogP contribution in [0.5, 0.6) is 0 Å². The lowest BCUT2D eigenvalue weighted by atomic mass is 9.87. The fourth-order valence-electron chi connectivity index (χ4n) is 3.12. The van der Waals surface area contributed by atoms with Crippen LogP contribution in [-0.4, -0.2) is 13.2 Å². The average Bonchev–Trinajstić information content (AvgIpc) is 2.31. The largest absolute Gasteiger partial charge is 0.381 e. The van der Waals surface area contributed by atoms with Gasteiger partial charge in [0.1, 0.15) is 0 Å².